The molecule has 6 heteroatoms. The number of aromatic nitrogens is 2. The molecule has 2 rings (SSSR count). The highest BCUT2D eigenvalue weighted by atomic mass is 16.2. The molecule has 0 aliphatic carbocycles. The van der Waals surface area contributed by atoms with E-state index in [1.54, 1.807) is 6.20 Å². The maximum absolute atomic E-state index is 11.5. The number of rotatable bonds is 2. The van der Waals surface area contributed by atoms with Crippen molar-refractivity contribution in [2.45, 2.75) is 18.9 Å². The van der Waals surface area contributed by atoms with Gasteiger partial charge in [0.25, 0.3) is 0 Å². The minimum Gasteiger partial charge on any atom is -0.344 e. The van der Waals surface area contributed by atoms with Gasteiger partial charge in [0, 0.05) is 12.6 Å². The molecule has 1 aliphatic rings. The van der Waals surface area contributed by atoms with Gasteiger partial charge >= 0.3 is 0 Å². The van der Waals surface area contributed by atoms with Crippen molar-refractivity contribution in [3.63, 3.8) is 0 Å². The molecule has 1 aromatic rings. The molecule has 3 N–H and O–H groups in total. The number of hydrogen-bond acceptors (Lipinski definition) is 3. The lowest BCUT2D eigenvalue weighted by Crippen LogP contribution is -2.37. The molecule has 14 heavy (non-hydrogen) atoms. The number of hydrogen-bond donors (Lipinski definition) is 3. The number of nitrogens with one attached hydrogen (secondary N) is 3. The fourth-order valence-corrected chi connectivity index (χ4v) is 1.36. The smallest absolute Gasteiger partial charge is 0.247 e. The van der Waals surface area contributed by atoms with Gasteiger partial charge in [0.2, 0.25) is 11.8 Å². The van der Waals surface area contributed by atoms with Crippen LogP contribution in [0, 0.1) is 0 Å². The number of carbonyl (C=O) groups is 2. The van der Waals surface area contributed by atoms with Crippen LogP contribution in [0.5, 0.6) is 0 Å². The average Bonchev–Trinajstić information content (AvgIpc) is 2.75. The Morgan fingerprint density at radius 3 is 3.07 bits per heavy atom. The first-order valence-corrected chi connectivity index (χ1v) is 4.35. The van der Waals surface area contributed by atoms with Crippen LogP contribution in [-0.2, 0) is 9.59 Å². The Morgan fingerprint density at radius 1 is 1.64 bits per heavy atom. The van der Waals surface area contributed by atoms with Crippen LogP contribution in [0.15, 0.2) is 12.4 Å². The summed E-state index contributed by atoms with van der Waals surface area (Å²) in [5, 5.41) is 11.5. The summed E-state index contributed by atoms with van der Waals surface area (Å²) < 4.78 is 0. The highest BCUT2D eigenvalue weighted by molar-refractivity contribution is 5.98. The van der Waals surface area contributed by atoms with Crippen molar-refractivity contribution in [3.05, 3.63) is 12.4 Å². The van der Waals surface area contributed by atoms with Gasteiger partial charge in [-0.15, -0.1) is 0 Å². The Kier molecular flexibility index (Phi) is 2.18. The first-order chi connectivity index (χ1) is 6.75. The third kappa shape index (κ3) is 1.73. The number of carbonyl (C=O) groups excluding carboxylic acids is 2. The lowest BCUT2D eigenvalue weighted by Gasteiger charge is -2.08. The second kappa shape index (κ2) is 3.49. The van der Waals surface area contributed by atoms with Gasteiger partial charge in [0.05, 0.1) is 11.9 Å². The number of aromatic amines is 1. The van der Waals surface area contributed by atoms with E-state index in [1.165, 1.54) is 6.20 Å². The van der Waals surface area contributed by atoms with Crippen LogP contribution in [0.2, 0.25) is 0 Å². The number of anilines is 1. The van der Waals surface area contributed by atoms with E-state index in [1.807, 2.05) is 0 Å². The van der Waals surface area contributed by atoms with Gasteiger partial charge in [0.15, 0.2) is 0 Å². The molecule has 0 bridgehead atoms. The van der Waals surface area contributed by atoms with Crippen LogP contribution in [0.1, 0.15) is 12.8 Å². The summed E-state index contributed by atoms with van der Waals surface area (Å²) in [6.45, 7) is 0. The standard InChI is InChI=1S/C8H10N4O2/c13-7-2-1-6(12-7)8(14)11-5-3-9-10-4-5/h3-4,6H,1-2H2,(H,9,10)(H,11,14)(H,12,13). The van der Waals surface area contributed by atoms with Crippen molar-refractivity contribution in [1.82, 2.24) is 15.5 Å². The molecule has 1 unspecified atom stereocenters. The maximum Gasteiger partial charge on any atom is 0.247 e. The molecule has 1 aromatic heterocycles. The Balaban J connectivity index is 1.93. The molecule has 0 aromatic carbocycles. The van der Waals surface area contributed by atoms with E-state index in [0.29, 0.717) is 18.5 Å². The van der Waals surface area contributed by atoms with E-state index in [0.717, 1.165) is 0 Å². The van der Waals surface area contributed by atoms with Crippen LogP contribution in [-0.4, -0.2) is 28.1 Å². The summed E-state index contributed by atoms with van der Waals surface area (Å²) in [6.07, 6.45) is 4.06. The van der Waals surface area contributed by atoms with E-state index in [-0.39, 0.29) is 11.8 Å². The largest absolute Gasteiger partial charge is 0.344 e. The SMILES string of the molecule is O=C1CCC(C(=O)Nc2cn[nH]c2)N1. The van der Waals surface area contributed by atoms with E-state index in [9.17, 15) is 9.59 Å². The van der Waals surface area contributed by atoms with Crippen molar-refractivity contribution in [3.8, 4) is 0 Å². The minimum atomic E-state index is -0.405. The van der Waals surface area contributed by atoms with E-state index in [4.69, 9.17) is 0 Å². The number of H-pyrrole nitrogens is 1. The number of nitrogens with zero attached hydrogens (tertiary/aromatic N) is 1. The van der Waals surface area contributed by atoms with Crippen LogP contribution < -0.4 is 10.6 Å². The van der Waals surface area contributed by atoms with Crippen molar-refractivity contribution >= 4 is 17.5 Å². The van der Waals surface area contributed by atoms with Gasteiger partial charge in [-0.2, -0.15) is 5.10 Å². The maximum atomic E-state index is 11.5. The molecule has 1 saturated heterocycles. The topological polar surface area (TPSA) is 86.9 Å². The second-order valence-corrected chi connectivity index (χ2v) is 3.14. The monoisotopic (exact) mass is 194 g/mol. The molecule has 2 heterocycles. The fraction of sp³-hybridized carbons (Fsp3) is 0.375. The molecule has 2 amide bonds. The second-order valence-electron chi connectivity index (χ2n) is 3.14. The Hall–Kier alpha value is -1.85. The third-order valence-electron chi connectivity index (χ3n) is 2.08. The minimum absolute atomic E-state index is 0.0719. The zero-order chi connectivity index (χ0) is 9.97. The van der Waals surface area contributed by atoms with Crippen LogP contribution in [0.4, 0.5) is 5.69 Å². The average molecular weight is 194 g/mol. The van der Waals surface area contributed by atoms with Crippen molar-refractivity contribution < 1.29 is 9.59 Å². The highest BCUT2D eigenvalue weighted by Crippen LogP contribution is 2.09. The quantitative estimate of drug-likeness (QED) is 0.600. The molecule has 74 valence electrons. The first-order valence-electron chi connectivity index (χ1n) is 4.35. The Morgan fingerprint density at radius 2 is 2.50 bits per heavy atom. The first kappa shape index (κ1) is 8.74. The highest BCUT2D eigenvalue weighted by Gasteiger charge is 2.27. The van der Waals surface area contributed by atoms with Gasteiger partial charge < -0.3 is 10.6 Å². The molecular formula is C8H10N4O2. The third-order valence-corrected chi connectivity index (χ3v) is 2.08. The summed E-state index contributed by atoms with van der Waals surface area (Å²) >= 11 is 0. The van der Waals surface area contributed by atoms with Crippen LogP contribution >= 0.6 is 0 Å². The zero-order valence-electron chi connectivity index (χ0n) is 7.41. The Labute approximate surface area is 80.1 Å². The van der Waals surface area contributed by atoms with E-state index in [2.05, 4.69) is 20.8 Å². The van der Waals surface area contributed by atoms with Crippen molar-refractivity contribution in [1.29, 1.82) is 0 Å². The van der Waals surface area contributed by atoms with Gasteiger partial charge in [-0.3, -0.25) is 14.7 Å². The van der Waals surface area contributed by atoms with Crippen LogP contribution in [0.3, 0.4) is 0 Å². The summed E-state index contributed by atoms with van der Waals surface area (Å²) in [5.74, 6) is -0.269. The van der Waals surface area contributed by atoms with Crippen molar-refractivity contribution in [2.24, 2.45) is 0 Å². The van der Waals surface area contributed by atoms with Gasteiger partial charge in [-0.25, -0.2) is 0 Å². The normalized spacial score (nSPS) is 20.6. The molecule has 0 radical (unpaired) electrons. The predicted octanol–water partition coefficient (Wildman–Crippen LogP) is -0.373. The lowest BCUT2D eigenvalue weighted by atomic mass is 10.2. The summed E-state index contributed by atoms with van der Waals surface area (Å²) in [6, 6.07) is -0.405. The molecule has 0 spiro atoms. The predicted molar refractivity (Wildman–Crippen MR) is 48.4 cm³/mol. The summed E-state index contributed by atoms with van der Waals surface area (Å²) in [5.41, 5.74) is 0.608. The van der Waals surface area contributed by atoms with Gasteiger partial charge in [-0.05, 0) is 6.42 Å². The van der Waals surface area contributed by atoms with Crippen LogP contribution in [0.25, 0.3) is 0 Å². The van der Waals surface area contributed by atoms with Crippen molar-refractivity contribution in [2.75, 3.05) is 5.32 Å². The lowest BCUT2D eigenvalue weighted by molar-refractivity contribution is -0.122. The summed E-state index contributed by atoms with van der Waals surface area (Å²) in [4.78, 5) is 22.3. The van der Waals surface area contributed by atoms with E-state index >= 15 is 0 Å². The zero-order valence-corrected chi connectivity index (χ0v) is 7.41. The fourth-order valence-electron chi connectivity index (χ4n) is 1.36. The number of amides is 2. The Bertz CT molecular complexity index is 346. The molecule has 6 nitrogen and oxygen atoms in total. The molecular weight excluding hydrogens is 184 g/mol. The van der Waals surface area contributed by atoms with E-state index < -0.39 is 6.04 Å². The molecule has 0 saturated carbocycles. The summed E-state index contributed by atoms with van der Waals surface area (Å²) in [7, 11) is 0. The van der Waals surface area contributed by atoms with Gasteiger partial charge in [0.1, 0.15) is 6.04 Å². The van der Waals surface area contributed by atoms with Gasteiger partial charge in [-0.1, -0.05) is 0 Å². The molecule has 1 atom stereocenters. The molecule has 1 fully saturated rings. The molecule has 1 aliphatic heterocycles.